The van der Waals surface area contributed by atoms with Crippen molar-refractivity contribution in [2.75, 3.05) is 13.6 Å². The van der Waals surface area contributed by atoms with Crippen LogP contribution in [0.5, 0.6) is 0 Å². The number of aliphatic hydroxyl groups is 1. The summed E-state index contributed by atoms with van der Waals surface area (Å²) in [6, 6.07) is -0.268. The number of amides is 1. The Morgan fingerprint density at radius 2 is 2.53 bits per heavy atom. The molecule has 2 atom stereocenters. The first kappa shape index (κ1) is 12.1. The molecular formula is C11H18N4O2. The maximum absolute atomic E-state index is 12.0. The lowest BCUT2D eigenvalue weighted by Crippen LogP contribution is -2.41. The normalized spacial score (nSPS) is 23.9. The molecule has 2 unspecified atom stereocenters. The van der Waals surface area contributed by atoms with Gasteiger partial charge < -0.3 is 19.9 Å². The maximum Gasteiger partial charge on any atom is 0.239 e. The fourth-order valence-corrected chi connectivity index (χ4v) is 2.01. The molecule has 0 aromatic carbocycles. The van der Waals surface area contributed by atoms with Gasteiger partial charge in [0.25, 0.3) is 0 Å². The quantitative estimate of drug-likeness (QED) is 0.716. The Bertz CT molecular complexity index is 404. The number of nitrogens with one attached hydrogen (secondary N) is 1. The van der Waals surface area contributed by atoms with Crippen LogP contribution in [0.15, 0.2) is 12.4 Å². The van der Waals surface area contributed by atoms with Crippen LogP contribution in [-0.2, 0) is 18.4 Å². The van der Waals surface area contributed by atoms with E-state index in [1.165, 1.54) is 0 Å². The van der Waals surface area contributed by atoms with Crippen LogP contribution in [0.3, 0.4) is 0 Å². The van der Waals surface area contributed by atoms with Gasteiger partial charge in [-0.05, 0) is 6.42 Å². The van der Waals surface area contributed by atoms with Crippen molar-refractivity contribution in [1.82, 2.24) is 19.8 Å². The summed E-state index contributed by atoms with van der Waals surface area (Å²) in [7, 11) is 3.65. The number of aromatic nitrogens is 2. The van der Waals surface area contributed by atoms with Crippen molar-refractivity contribution in [1.29, 1.82) is 0 Å². The second-order valence-corrected chi connectivity index (χ2v) is 4.50. The average Bonchev–Trinajstić information content (AvgIpc) is 2.88. The third-order valence-corrected chi connectivity index (χ3v) is 3.08. The molecular weight excluding hydrogens is 220 g/mol. The van der Waals surface area contributed by atoms with E-state index in [4.69, 9.17) is 0 Å². The third kappa shape index (κ3) is 2.65. The molecule has 0 saturated carbocycles. The number of likely N-dealkylation sites (N-methyl/N-ethyl adjacent to an activating group) is 1. The van der Waals surface area contributed by atoms with E-state index in [9.17, 15) is 9.90 Å². The highest BCUT2D eigenvalue weighted by Gasteiger charge is 2.30. The topological polar surface area (TPSA) is 70.4 Å². The van der Waals surface area contributed by atoms with Gasteiger partial charge in [0.15, 0.2) is 0 Å². The Labute approximate surface area is 100 Å². The van der Waals surface area contributed by atoms with E-state index in [-0.39, 0.29) is 11.9 Å². The predicted octanol–water partition coefficient (Wildman–Crippen LogP) is -0.899. The first-order valence-electron chi connectivity index (χ1n) is 5.70. The van der Waals surface area contributed by atoms with Crippen LogP contribution in [0.4, 0.5) is 0 Å². The Morgan fingerprint density at radius 3 is 3.06 bits per heavy atom. The molecule has 0 bridgehead atoms. The summed E-state index contributed by atoms with van der Waals surface area (Å²) >= 11 is 0. The third-order valence-electron chi connectivity index (χ3n) is 3.08. The highest BCUT2D eigenvalue weighted by molar-refractivity contribution is 5.82. The van der Waals surface area contributed by atoms with Crippen molar-refractivity contribution in [2.45, 2.75) is 25.1 Å². The van der Waals surface area contributed by atoms with E-state index in [0.717, 1.165) is 5.82 Å². The Hall–Kier alpha value is -1.40. The first-order chi connectivity index (χ1) is 8.08. The minimum absolute atomic E-state index is 0.00421. The number of nitrogens with zero attached hydrogens (tertiary/aromatic N) is 3. The molecule has 17 heavy (non-hydrogen) atoms. The van der Waals surface area contributed by atoms with Crippen molar-refractivity contribution in [3.8, 4) is 0 Å². The molecule has 1 amide bonds. The summed E-state index contributed by atoms with van der Waals surface area (Å²) < 4.78 is 1.89. The van der Waals surface area contributed by atoms with E-state index < -0.39 is 6.10 Å². The summed E-state index contributed by atoms with van der Waals surface area (Å²) in [5.74, 6) is 0.851. The standard InChI is InChI=1S/C11H18N4O2/c1-14-4-3-12-10(14)7-15(2)11(17)9-5-8(16)6-13-9/h3-4,8-9,13,16H,5-7H2,1-2H3. The van der Waals surface area contributed by atoms with E-state index in [2.05, 4.69) is 10.3 Å². The van der Waals surface area contributed by atoms with Crippen LogP contribution in [0.1, 0.15) is 12.2 Å². The van der Waals surface area contributed by atoms with Gasteiger partial charge >= 0.3 is 0 Å². The van der Waals surface area contributed by atoms with Crippen LogP contribution < -0.4 is 5.32 Å². The van der Waals surface area contributed by atoms with Gasteiger partial charge in [-0.1, -0.05) is 0 Å². The average molecular weight is 238 g/mol. The predicted molar refractivity (Wildman–Crippen MR) is 62.1 cm³/mol. The lowest BCUT2D eigenvalue weighted by atomic mass is 10.2. The molecule has 1 aromatic rings. The molecule has 1 aromatic heterocycles. The van der Waals surface area contributed by atoms with Crippen molar-refractivity contribution in [3.63, 3.8) is 0 Å². The fourth-order valence-electron chi connectivity index (χ4n) is 2.01. The molecule has 2 N–H and O–H groups in total. The number of hydrogen-bond donors (Lipinski definition) is 2. The molecule has 6 nitrogen and oxygen atoms in total. The molecule has 1 fully saturated rings. The monoisotopic (exact) mass is 238 g/mol. The number of rotatable bonds is 3. The number of carbonyl (C=O) groups excluding carboxylic acids is 1. The van der Waals surface area contributed by atoms with E-state index in [0.29, 0.717) is 19.5 Å². The number of aryl methyl sites for hydroxylation is 1. The summed E-state index contributed by atoms with van der Waals surface area (Å²) in [5, 5.41) is 12.4. The number of imidazole rings is 1. The highest BCUT2D eigenvalue weighted by Crippen LogP contribution is 2.10. The van der Waals surface area contributed by atoms with Crippen LogP contribution in [0.2, 0.25) is 0 Å². The number of carbonyl (C=O) groups is 1. The first-order valence-corrected chi connectivity index (χ1v) is 5.70. The van der Waals surface area contributed by atoms with E-state index in [1.807, 2.05) is 17.8 Å². The van der Waals surface area contributed by atoms with Gasteiger partial charge in [-0.25, -0.2) is 4.98 Å². The molecule has 6 heteroatoms. The summed E-state index contributed by atoms with van der Waals surface area (Å²) in [6.07, 6.45) is 3.64. The molecule has 2 rings (SSSR count). The van der Waals surface area contributed by atoms with Gasteiger partial charge in [0.1, 0.15) is 5.82 Å². The van der Waals surface area contributed by atoms with Gasteiger partial charge in [0.05, 0.1) is 18.7 Å². The van der Waals surface area contributed by atoms with Crippen molar-refractivity contribution in [2.24, 2.45) is 7.05 Å². The van der Waals surface area contributed by atoms with Crippen molar-refractivity contribution >= 4 is 5.91 Å². The zero-order valence-electron chi connectivity index (χ0n) is 10.1. The van der Waals surface area contributed by atoms with Gasteiger partial charge in [-0.15, -0.1) is 0 Å². The molecule has 0 spiro atoms. The van der Waals surface area contributed by atoms with E-state index >= 15 is 0 Å². The Morgan fingerprint density at radius 1 is 1.76 bits per heavy atom. The SMILES string of the molecule is CN(Cc1nccn1C)C(=O)C1CC(O)CN1. The Balaban J connectivity index is 1.94. The second-order valence-electron chi connectivity index (χ2n) is 4.50. The minimum Gasteiger partial charge on any atom is -0.392 e. The lowest BCUT2D eigenvalue weighted by molar-refractivity contribution is -0.132. The molecule has 0 radical (unpaired) electrons. The van der Waals surface area contributed by atoms with Crippen LogP contribution in [-0.4, -0.2) is 51.2 Å². The minimum atomic E-state index is -0.412. The van der Waals surface area contributed by atoms with Gasteiger partial charge in [-0.3, -0.25) is 4.79 Å². The van der Waals surface area contributed by atoms with Crippen LogP contribution in [0, 0.1) is 0 Å². The van der Waals surface area contributed by atoms with Crippen molar-refractivity contribution < 1.29 is 9.90 Å². The molecule has 1 aliphatic heterocycles. The summed E-state index contributed by atoms with van der Waals surface area (Å²) in [6.45, 7) is 0.975. The summed E-state index contributed by atoms with van der Waals surface area (Å²) in [5.41, 5.74) is 0. The molecule has 94 valence electrons. The zero-order valence-corrected chi connectivity index (χ0v) is 10.1. The molecule has 2 heterocycles. The largest absolute Gasteiger partial charge is 0.392 e. The van der Waals surface area contributed by atoms with Gasteiger partial charge in [0.2, 0.25) is 5.91 Å². The number of aliphatic hydroxyl groups excluding tert-OH is 1. The number of hydrogen-bond acceptors (Lipinski definition) is 4. The van der Waals surface area contributed by atoms with Crippen LogP contribution in [0.25, 0.3) is 0 Å². The highest BCUT2D eigenvalue weighted by atomic mass is 16.3. The molecule has 1 saturated heterocycles. The number of β-amino-alcohol motifs (C(OH)–C–C–N with tert-alkyl or cyclic N) is 1. The fraction of sp³-hybridized carbons (Fsp3) is 0.636. The second kappa shape index (κ2) is 4.85. The van der Waals surface area contributed by atoms with Crippen LogP contribution >= 0.6 is 0 Å². The molecule has 0 aliphatic carbocycles. The summed E-state index contributed by atoms with van der Waals surface area (Å²) in [4.78, 5) is 17.9. The van der Waals surface area contributed by atoms with E-state index in [1.54, 1.807) is 18.1 Å². The zero-order chi connectivity index (χ0) is 12.4. The van der Waals surface area contributed by atoms with Gasteiger partial charge in [0, 0.05) is 33.0 Å². The Kier molecular flexibility index (Phi) is 3.44. The van der Waals surface area contributed by atoms with Gasteiger partial charge in [-0.2, -0.15) is 0 Å². The van der Waals surface area contributed by atoms with Crippen molar-refractivity contribution in [3.05, 3.63) is 18.2 Å². The molecule has 1 aliphatic rings. The maximum atomic E-state index is 12.0. The smallest absolute Gasteiger partial charge is 0.239 e. The lowest BCUT2D eigenvalue weighted by Gasteiger charge is -2.20.